The maximum Gasteiger partial charge on any atom is 0.262 e. The van der Waals surface area contributed by atoms with Crippen molar-refractivity contribution in [1.29, 1.82) is 5.26 Å². The molecule has 3 rings (SSSR count). The van der Waals surface area contributed by atoms with Crippen molar-refractivity contribution in [3.05, 3.63) is 71.4 Å². The lowest BCUT2D eigenvalue weighted by Gasteiger charge is -2.13. The number of nitrogens with one attached hydrogen (secondary N) is 2. The van der Waals surface area contributed by atoms with E-state index in [0.29, 0.717) is 22.8 Å². The molecule has 1 aromatic heterocycles. The molecular weight excluding hydrogens is 380 g/mol. The molecule has 0 fully saturated rings. The van der Waals surface area contributed by atoms with E-state index < -0.39 is 5.91 Å². The van der Waals surface area contributed by atoms with Gasteiger partial charge in [-0.25, -0.2) is 0 Å². The number of hydrogen-bond donors (Lipinski definition) is 2. The summed E-state index contributed by atoms with van der Waals surface area (Å²) in [5, 5.41) is 19.4. The molecular formula is C23H22N4O3. The third-order valence-corrected chi connectivity index (χ3v) is 4.65. The quantitative estimate of drug-likeness (QED) is 0.461. The first-order valence-electron chi connectivity index (χ1n) is 9.30. The number of ether oxygens (including phenoxy) is 2. The number of hydrogen-bond acceptors (Lipinski definition) is 5. The number of aromatic nitrogens is 2. The number of carbonyl (C=O) groups excluding carboxylic acids is 1. The molecule has 2 aromatic carbocycles. The minimum atomic E-state index is -0.451. The summed E-state index contributed by atoms with van der Waals surface area (Å²) >= 11 is 0. The van der Waals surface area contributed by atoms with Gasteiger partial charge in [-0.3, -0.25) is 9.89 Å². The van der Waals surface area contributed by atoms with Crippen molar-refractivity contribution in [2.24, 2.45) is 0 Å². The third-order valence-electron chi connectivity index (χ3n) is 4.65. The Hall–Kier alpha value is -4.05. The van der Waals surface area contributed by atoms with Crippen LogP contribution in [0.25, 0.3) is 17.3 Å². The predicted molar refractivity (Wildman–Crippen MR) is 114 cm³/mol. The molecule has 0 saturated carbocycles. The molecule has 0 aliphatic carbocycles. The van der Waals surface area contributed by atoms with Crippen LogP contribution in [-0.2, 0) is 4.79 Å². The van der Waals surface area contributed by atoms with Crippen molar-refractivity contribution in [1.82, 2.24) is 15.5 Å². The molecule has 2 N–H and O–H groups in total. The molecule has 0 spiro atoms. The first-order chi connectivity index (χ1) is 14.6. The maximum atomic E-state index is 12.6. The van der Waals surface area contributed by atoms with Crippen molar-refractivity contribution in [3.8, 4) is 28.8 Å². The first kappa shape index (κ1) is 20.7. The van der Waals surface area contributed by atoms with Crippen LogP contribution in [0, 0.1) is 11.3 Å². The highest BCUT2D eigenvalue weighted by molar-refractivity contribution is 6.02. The van der Waals surface area contributed by atoms with Gasteiger partial charge in [0.1, 0.15) is 11.6 Å². The van der Waals surface area contributed by atoms with Gasteiger partial charge in [0.15, 0.2) is 11.5 Å². The first-order valence-corrected chi connectivity index (χ1v) is 9.30. The van der Waals surface area contributed by atoms with Crippen LogP contribution < -0.4 is 14.8 Å². The van der Waals surface area contributed by atoms with Crippen LogP contribution in [0.4, 0.5) is 0 Å². The van der Waals surface area contributed by atoms with Crippen molar-refractivity contribution in [2.75, 3.05) is 14.2 Å². The van der Waals surface area contributed by atoms with E-state index in [0.717, 1.165) is 11.1 Å². The summed E-state index contributed by atoms with van der Waals surface area (Å²) < 4.78 is 10.6. The van der Waals surface area contributed by atoms with Gasteiger partial charge < -0.3 is 14.8 Å². The molecule has 7 heteroatoms. The molecule has 0 radical (unpaired) electrons. The van der Waals surface area contributed by atoms with Crippen LogP contribution in [0.1, 0.15) is 24.1 Å². The van der Waals surface area contributed by atoms with E-state index in [2.05, 4.69) is 15.5 Å². The molecule has 30 heavy (non-hydrogen) atoms. The molecule has 1 atom stereocenters. The number of nitriles is 1. The van der Waals surface area contributed by atoms with Crippen LogP contribution in [0.2, 0.25) is 0 Å². The third kappa shape index (κ3) is 4.50. The van der Waals surface area contributed by atoms with Gasteiger partial charge in [0.25, 0.3) is 5.91 Å². The SMILES string of the molecule is COc1ccc(-c2[nH]ncc2/C=C(/C#N)C(=O)N[C@@H](C)c2ccccc2)cc1OC. The van der Waals surface area contributed by atoms with Gasteiger partial charge in [0, 0.05) is 11.1 Å². The minimum absolute atomic E-state index is 0.0130. The number of benzene rings is 2. The maximum absolute atomic E-state index is 12.6. The fraction of sp³-hybridized carbons (Fsp3) is 0.174. The minimum Gasteiger partial charge on any atom is -0.493 e. The fourth-order valence-corrected chi connectivity index (χ4v) is 3.03. The number of carbonyl (C=O) groups is 1. The molecule has 152 valence electrons. The van der Waals surface area contributed by atoms with Gasteiger partial charge >= 0.3 is 0 Å². The summed E-state index contributed by atoms with van der Waals surface area (Å²) in [7, 11) is 3.12. The zero-order valence-corrected chi connectivity index (χ0v) is 17.0. The second kappa shape index (κ2) is 9.43. The van der Waals surface area contributed by atoms with Crippen molar-refractivity contribution >= 4 is 12.0 Å². The number of aromatic amines is 1. The van der Waals surface area contributed by atoms with Crippen LogP contribution in [0.5, 0.6) is 11.5 Å². The summed E-state index contributed by atoms with van der Waals surface area (Å²) in [6.45, 7) is 1.87. The normalized spacial score (nSPS) is 12.0. The fourth-order valence-electron chi connectivity index (χ4n) is 3.03. The average Bonchev–Trinajstić information content (AvgIpc) is 3.25. The Morgan fingerprint density at radius 1 is 1.17 bits per heavy atom. The largest absolute Gasteiger partial charge is 0.493 e. The molecule has 0 aliphatic rings. The van der Waals surface area contributed by atoms with Crippen LogP contribution >= 0.6 is 0 Å². The number of rotatable bonds is 7. The zero-order chi connectivity index (χ0) is 21.5. The summed E-state index contributed by atoms with van der Waals surface area (Å²) in [4.78, 5) is 12.6. The van der Waals surface area contributed by atoms with Gasteiger partial charge in [-0.05, 0) is 36.8 Å². The molecule has 0 unspecified atom stereocenters. The van der Waals surface area contributed by atoms with E-state index in [-0.39, 0.29) is 11.6 Å². The van der Waals surface area contributed by atoms with Crippen molar-refractivity contribution < 1.29 is 14.3 Å². The van der Waals surface area contributed by atoms with E-state index in [1.54, 1.807) is 32.5 Å². The van der Waals surface area contributed by atoms with E-state index in [4.69, 9.17) is 9.47 Å². The Morgan fingerprint density at radius 3 is 2.57 bits per heavy atom. The molecule has 7 nitrogen and oxygen atoms in total. The lowest BCUT2D eigenvalue weighted by molar-refractivity contribution is -0.117. The highest BCUT2D eigenvalue weighted by atomic mass is 16.5. The highest BCUT2D eigenvalue weighted by Crippen LogP contribution is 2.33. The number of methoxy groups -OCH3 is 2. The lowest BCUT2D eigenvalue weighted by Crippen LogP contribution is -2.27. The molecule has 0 saturated heterocycles. The monoisotopic (exact) mass is 402 g/mol. The van der Waals surface area contributed by atoms with Gasteiger partial charge in [-0.2, -0.15) is 10.4 Å². The second-order valence-electron chi connectivity index (χ2n) is 6.55. The number of H-pyrrole nitrogens is 1. The van der Waals surface area contributed by atoms with Crippen LogP contribution in [-0.4, -0.2) is 30.3 Å². The topological polar surface area (TPSA) is 100 Å². The molecule has 0 aliphatic heterocycles. The second-order valence-corrected chi connectivity index (χ2v) is 6.55. The summed E-state index contributed by atoms with van der Waals surface area (Å²) in [5.41, 5.74) is 3.00. The van der Waals surface area contributed by atoms with Crippen LogP contribution in [0.15, 0.2) is 60.3 Å². The summed E-state index contributed by atoms with van der Waals surface area (Å²) in [6, 6.07) is 16.7. The number of amides is 1. The standard InChI is InChI=1S/C23H22N4O3/c1-15(16-7-5-4-6-8-16)26-23(28)18(13-24)11-19-14-25-27-22(19)17-9-10-20(29-2)21(12-17)30-3/h4-12,14-15H,1-3H3,(H,25,27)(H,26,28)/b18-11-/t15-/m0/s1. The zero-order valence-electron chi connectivity index (χ0n) is 17.0. The van der Waals surface area contributed by atoms with E-state index >= 15 is 0 Å². The van der Waals surface area contributed by atoms with Gasteiger partial charge in [0.05, 0.1) is 32.2 Å². The van der Waals surface area contributed by atoms with E-state index in [1.807, 2.05) is 49.4 Å². The van der Waals surface area contributed by atoms with Gasteiger partial charge in [0.2, 0.25) is 0 Å². The average molecular weight is 402 g/mol. The highest BCUT2D eigenvalue weighted by Gasteiger charge is 2.16. The Bertz CT molecular complexity index is 1100. The smallest absolute Gasteiger partial charge is 0.262 e. The Balaban J connectivity index is 1.87. The van der Waals surface area contributed by atoms with Crippen molar-refractivity contribution in [3.63, 3.8) is 0 Å². The molecule has 3 aromatic rings. The lowest BCUT2D eigenvalue weighted by atomic mass is 10.0. The van der Waals surface area contributed by atoms with E-state index in [9.17, 15) is 10.1 Å². The molecule has 0 bridgehead atoms. The summed E-state index contributed by atoms with van der Waals surface area (Å²) in [5.74, 6) is 0.715. The Labute approximate surface area is 175 Å². The molecule has 1 amide bonds. The number of nitrogens with zero attached hydrogens (tertiary/aromatic N) is 2. The van der Waals surface area contributed by atoms with Crippen LogP contribution in [0.3, 0.4) is 0 Å². The van der Waals surface area contributed by atoms with Crippen molar-refractivity contribution in [2.45, 2.75) is 13.0 Å². The predicted octanol–water partition coefficient (Wildman–Crippen LogP) is 3.88. The van der Waals surface area contributed by atoms with Gasteiger partial charge in [-0.1, -0.05) is 30.3 Å². The van der Waals surface area contributed by atoms with Gasteiger partial charge in [-0.15, -0.1) is 0 Å². The Morgan fingerprint density at radius 2 is 1.90 bits per heavy atom. The summed E-state index contributed by atoms with van der Waals surface area (Å²) in [6.07, 6.45) is 3.08. The molecule has 1 heterocycles. The Kier molecular flexibility index (Phi) is 6.50. The van der Waals surface area contributed by atoms with E-state index in [1.165, 1.54) is 6.08 Å².